The van der Waals surface area contributed by atoms with Gasteiger partial charge in [-0.25, -0.2) is 16.8 Å². The Bertz CT molecular complexity index is 1220. The fourth-order valence-corrected chi connectivity index (χ4v) is 5.51. The van der Waals surface area contributed by atoms with Crippen LogP contribution >= 0.6 is 23.2 Å². The summed E-state index contributed by atoms with van der Waals surface area (Å²) in [5, 5.41) is 0.301. The zero-order chi connectivity index (χ0) is 20.5. The molecule has 0 saturated heterocycles. The molecule has 0 aliphatic carbocycles. The second kappa shape index (κ2) is 7.75. The van der Waals surface area contributed by atoms with Gasteiger partial charge in [-0.05, 0) is 61.5 Å². The molecule has 0 radical (unpaired) electrons. The smallest absolute Gasteiger partial charge is 0.263 e. The summed E-state index contributed by atoms with van der Waals surface area (Å²) in [6.45, 7) is 1.88. The lowest BCUT2D eigenvalue weighted by Gasteiger charge is -2.12. The number of rotatable bonds is 5. The Kier molecular flexibility index (Phi) is 5.72. The molecule has 3 rings (SSSR count). The Morgan fingerprint density at radius 3 is 1.93 bits per heavy atom. The van der Waals surface area contributed by atoms with Crippen molar-refractivity contribution in [2.75, 3.05) is 4.72 Å². The predicted molar refractivity (Wildman–Crippen MR) is 110 cm³/mol. The minimum atomic E-state index is -4.10. The van der Waals surface area contributed by atoms with Crippen LogP contribution in [0, 0.1) is 6.92 Å². The van der Waals surface area contributed by atoms with Gasteiger partial charge in [-0.3, -0.25) is 4.72 Å². The van der Waals surface area contributed by atoms with Crippen molar-refractivity contribution in [3.63, 3.8) is 0 Å². The maximum atomic E-state index is 12.8. The normalized spacial score (nSPS) is 12.0. The van der Waals surface area contributed by atoms with E-state index in [1.54, 1.807) is 24.3 Å². The highest BCUT2D eigenvalue weighted by atomic mass is 35.5. The molecule has 0 unspecified atom stereocenters. The first-order chi connectivity index (χ1) is 13.1. The van der Waals surface area contributed by atoms with Crippen molar-refractivity contribution >= 4 is 48.7 Å². The number of nitrogens with one attached hydrogen (secondary N) is 1. The van der Waals surface area contributed by atoms with E-state index in [9.17, 15) is 16.8 Å². The summed E-state index contributed by atoms with van der Waals surface area (Å²) in [6.07, 6.45) is 0. The molecule has 0 atom stereocenters. The standard InChI is InChI=1S/C19H15Cl2NO4S2/c1-13-2-6-15(7-3-13)22-28(25,26)19-12-17(10-11-18(19)21)27(23,24)16-8-4-14(20)5-9-16/h2-12,22H,1H3. The number of anilines is 1. The highest BCUT2D eigenvalue weighted by Crippen LogP contribution is 2.30. The molecule has 5 nitrogen and oxygen atoms in total. The fraction of sp³-hybridized carbons (Fsp3) is 0.0526. The van der Waals surface area contributed by atoms with E-state index in [2.05, 4.69) is 4.72 Å². The third-order valence-electron chi connectivity index (χ3n) is 3.93. The van der Waals surface area contributed by atoms with E-state index in [0.717, 1.165) is 11.6 Å². The van der Waals surface area contributed by atoms with E-state index in [0.29, 0.717) is 10.7 Å². The molecule has 0 heterocycles. The minimum Gasteiger partial charge on any atom is -0.280 e. The summed E-state index contributed by atoms with van der Waals surface area (Å²) >= 11 is 11.9. The highest BCUT2D eigenvalue weighted by Gasteiger charge is 2.24. The largest absolute Gasteiger partial charge is 0.280 e. The fourth-order valence-electron chi connectivity index (χ4n) is 2.44. The summed E-state index contributed by atoms with van der Waals surface area (Å²) in [4.78, 5) is -0.526. The molecular weight excluding hydrogens is 441 g/mol. The van der Waals surface area contributed by atoms with Crippen molar-refractivity contribution in [2.24, 2.45) is 0 Å². The average molecular weight is 456 g/mol. The molecule has 3 aromatic carbocycles. The van der Waals surface area contributed by atoms with Crippen molar-refractivity contribution < 1.29 is 16.8 Å². The maximum Gasteiger partial charge on any atom is 0.263 e. The third-order valence-corrected chi connectivity index (χ3v) is 7.81. The van der Waals surface area contributed by atoms with Gasteiger partial charge in [0.2, 0.25) is 9.84 Å². The molecule has 0 amide bonds. The number of sulfonamides is 1. The first-order valence-electron chi connectivity index (χ1n) is 7.99. The molecule has 0 fully saturated rings. The second-order valence-electron chi connectivity index (χ2n) is 6.02. The Labute approximate surface area is 173 Å². The molecule has 3 aromatic rings. The molecule has 0 saturated carbocycles. The van der Waals surface area contributed by atoms with Crippen LogP contribution < -0.4 is 4.72 Å². The van der Waals surface area contributed by atoms with E-state index in [1.807, 2.05) is 6.92 Å². The number of hydrogen-bond acceptors (Lipinski definition) is 4. The number of benzene rings is 3. The summed E-state index contributed by atoms with van der Waals surface area (Å²) < 4.78 is 53.6. The Morgan fingerprint density at radius 2 is 1.32 bits per heavy atom. The van der Waals surface area contributed by atoms with Gasteiger partial charge < -0.3 is 0 Å². The van der Waals surface area contributed by atoms with Gasteiger partial charge in [-0.2, -0.15) is 0 Å². The molecule has 0 bridgehead atoms. The summed E-state index contributed by atoms with van der Waals surface area (Å²) in [7, 11) is -8.04. The van der Waals surface area contributed by atoms with Crippen LogP contribution in [0.5, 0.6) is 0 Å². The van der Waals surface area contributed by atoms with Gasteiger partial charge in [0.1, 0.15) is 4.90 Å². The molecule has 0 spiro atoms. The minimum absolute atomic E-state index is 0.00550. The Hall–Kier alpha value is -2.06. The quantitative estimate of drug-likeness (QED) is 0.590. The monoisotopic (exact) mass is 455 g/mol. The van der Waals surface area contributed by atoms with E-state index in [4.69, 9.17) is 23.2 Å². The lowest BCUT2D eigenvalue weighted by atomic mass is 10.2. The van der Waals surface area contributed by atoms with Crippen molar-refractivity contribution in [2.45, 2.75) is 21.6 Å². The Morgan fingerprint density at radius 1 is 0.750 bits per heavy atom. The van der Waals surface area contributed by atoms with Crippen LogP contribution in [-0.2, 0) is 19.9 Å². The molecule has 146 valence electrons. The molecular formula is C19H15Cl2NO4S2. The second-order valence-corrected chi connectivity index (χ2v) is 10.5. The molecule has 28 heavy (non-hydrogen) atoms. The third kappa shape index (κ3) is 4.33. The van der Waals surface area contributed by atoms with Crippen LogP contribution in [0.3, 0.4) is 0 Å². The SMILES string of the molecule is Cc1ccc(NS(=O)(=O)c2cc(S(=O)(=O)c3ccc(Cl)cc3)ccc2Cl)cc1. The van der Waals surface area contributed by atoms with Crippen molar-refractivity contribution in [1.29, 1.82) is 0 Å². The molecule has 0 aromatic heterocycles. The van der Waals surface area contributed by atoms with E-state index in [-0.39, 0.29) is 19.7 Å². The van der Waals surface area contributed by atoms with Gasteiger partial charge >= 0.3 is 0 Å². The molecule has 9 heteroatoms. The van der Waals surface area contributed by atoms with Gasteiger partial charge in [0.15, 0.2) is 0 Å². The topological polar surface area (TPSA) is 80.3 Å². The first kappa shape index (κ1) is 20.7. The van der Waals surface area contributed by atoms with Gasteiger partial charge in [-0.1, -0.05) is 40.9 Å². The lowest BCUT2D eigenvalue weighted by molar-refractivity contribution is 0.595. The Balaban J connectivity index is 2.03. The maximum absolute atomic E-state index is 12.8. The van der Waals surface area contributed by atoms with Crippen LogP contribution in [0.1, 0.15) is 5.56 Å². The van der Waals surface area contributed by atoms with E-state index in [1.165, 1.54) is 36.4 Å². The molecule has 0 aliphatic heterocycles. The van der Waals surface area contributed by atoms with Crippen LogP contribution in [-0.4, -0.2) is 16.8 Å². The van der Waals surface area contributed by atoms with Crippen LogP contribution in [0.15, 0.2) is 81.4 Å². The summed E-state index contributed by atoms with van der Waals surface area (Å²) in [5.74, 6) is 0. The van der Waals surface area contributed by atoms with Crippen molar-refractivity contribution in [1.82, 2.24) is 0 Å². The van der Waals surface area contributed by atoms with Crippen LogP contribution in [0.25, 0.3) is 0 Å². The van der Waals surface area contributed by atoms with E-state index >= 15 is 0 Å². The lowest BCUT2D eigenvalue weighted by Crippen LogP contribution is -2.14. The average Bonchev–Trinajstić information content (AvgIpc) is 2.64. The van der Waals surface area contributed by atoms with Gasteiger partial charge in [0.05, 0.1) is 14.8 Å². The van der Waals surface area contributed by atoms with Gasteiger partial charge in [0.25, 0.3) is 10.0 Å². The highest BCUT2D eigenvalue weighted by molar-refractivity contribution is 7.93. The zero-order valence-corrected chi connectivity index (χ0v) is 17.7. The summed E-state index contributed by atoms with van der Waals surface area (Å²) in [6, 6.07) is 15.9. The van der Waals surface area contributed by atoms with Gasteiger partial charge in [0, 0.05) is 10.7 Å². The van der Waals surface area contributed by atoms with Crippen molar-refractivity contribution in [3.05, 3.63) is 82.3 Å². The molecule has 1 N–H and O–H groups in total. The van der Waals surface area contributed by atoms with Gasteiger partial charge in [-0.15, -0.1) is 0 Å². The number of halogens is 2. The number of aryl methyl sites for hydroxylation is 1. The summed E-state index contributed by atoms with van der Waals surface area (Å²) in [5.41, 5.74) is 1.31. The zero-order valence-electron chi connectivity index (χ0n) is 14.6. The predicted octanol–water partition coefficient (Wildman–Crippen LogP) is 4.94. The molecule has 0 aliphatic rings. The van der Waals surface area contributed by atoms with Crippen molar-refractivity contribution in [3.8, 4) is 0 Å². The van der Waals surface area contributed by atoms with Crippen LogP contribution in [0.2, 0.25) is 10.0 Å². The first-order valence-corrected chi connectivity index (χ1v) is 11.7. The van der Waals surface area contributed by atoms with Crippen LogP contribution in [0.4, 0.5) is 5.69 Å². The van der Waals surface area contributed by atoms with E-state index < -0.39 is 19.9 Å². The number of sulfone groups is 1. The number of hydrogen-bond donors (Lipinski definition) is 1.